The molecule has 0 saturated carbocycles. The smallest absolute Gasteiger partial charge is 0.128 e. The molecular weight excluding hydrogens is 239 g/mol. The molecule has 2 nitrogen and oxygen atoms in total. The molecule has 70 valence electrons. The van der Waals surface area contributed by atoms with Crippen molar-refractivity contribution in [2.45, 2.75) is 6.10 Å². The van der Waals surface area contributed by atoms with Crippen molar-refractivity contribution < 1.29 is 13.9 Å². The zero-order chi connectivity index (χ0) is 9.26. The molecule has 0 aromatic heterocycles. The summed E-state index contributed by atoms with van der Waals surface area (Å²) < 4.78 is 23.8. The largest absolute Gasteiger partial charge is 0.491 e. The summed E-state index contributed by atoms with van der Waals surface area (Å²) in [5.41, 5.74) is 0. The van der Waals surface area contributed by atoms with Crippen molar-refractivity contribution in [2.24, 2.45) is 0 Å². The van der Waals surface area contributed by atoms with Crippen molar-refractivity contribution in [3.63, 3.8) is 0 Å². The fraction of sp³-hybridized carbons (Fsp3) is 0.333. The van der Waals surface area contributed by atoms with E-state index in [0.29, 0.717) is 16.8 Å². The van der Waals surface area contributed by atoms with Crippen molar-refractivity contribution in [3.8, 4) is 5.75 Å². The van der Waals surface area contributed by atoms with Gasteiger partial charge in [0.05, 0.1) is 6.61 Å². The third-order valence-electron chi connectivity index (χ3n) is 1.67. The van der Waals surface area contributed by atoms with Gasteiger partial charge in [-0.25, -0.2) is 4.39 Å². The van der Waals surface area contributed by atoms with Gasteiger partial charge in [-0.05, 0) is 12.1 Å². The molecule has 2 rings (SSSR count). The Morgan fingerprint density at radius 1 is 1.54 bits per heavy atom. The summed E-state index contributed by atoms with van der Waals surface area (Å²) in [5.74, 6) is 0.225. The zero-order valence-electron chi connectivity index (χ0n) is 6.80. The Morgan fingerprint density at radius 2 is 2.31 bits per heavy atom. The van der Waals surface area contributed by atoms with E-state index in [-0.39, 0.29) is 11.9 Å². The van der Waals surface area contributed by atoms with E-state index in [0.717, 1.165) is 6.61 Å². The Labute approximate surface area is 83.8 Å². The third-order valence-corrected chi connectivity index (χ3v) is 2.13. The van der Waals surface area contributed by atoms with Crippen LogP contribution in [0, 0.1) is 5.82 Å². The first-order valence-electron chi connectivity index (χ1n) is 3.94. The number of ether oxygens (including phenoxy) is 2. The maximum atomic E-state index is 12.8. The van der Waals surface area contributed by atoms with Gasteiger partial charge in [0.15, 0.2) is 0 Å². The van der Waals surface area contributed by atoms with Gasteiger partial charge in [-0.15, -0.1) is 0 Å². The van der Waals surface area contributed by atoms with Gasteiger partial charge in [-0.1, -0.05) is 15.9 Å². The van der Waals surface area contributed by atoms with Gasteiger partial charge in [-0.2, -0.15) is 0 Å². The molecule has 0 aliphatic carbocycles. The van der Waals surface area contributed by atoms with Gasteiger partial charge in [0, 0.05) is 10.5 Å². The second-order valence-electron chi connectivity index (χ2n) is 2.87. The van der Waals surface area contributed by atoms with Crippen LogP contribution in [-0.2, 0) is 4.74 Å². The first-order chi connectivity index (χ1) is 6.24. The predicted molar refractivity (Wildman–Crippen MR) is 49.3 cm³/mol. The number of hydrogen-bond acceptors (Lipinski definition) is 2. The highest BCUT2D eigenvalue weighted by Gasteiger charge is 2.23. The second kappa shape index (κ2) is 3.64. The summed E-state index contributed by atoms with van der Waals surface area (Å²) in [6.07, 6.45) is 0.196. The van der Waals surface area contributed by atoms with Crippen LogP contribution in [-0.4, -0.2) is 19.3 Å². The number of rotatable bonds is 3. The third kappa shape index (κ3) is 2.67. The van der Waals surface area contributed by atoms with Crippen molar-refractivity contribution in [3.05, 3.63) is 28.5 Å². The molecule has 13 heavy (non-hydrogen) atoms. The number of hydrogen-bond donors (Lipinski definition) is 0. The topological polar surface area (TPSA) is 21.8 Å². The molecule has 0 N–H and O–H groups in total. The van der Waals surface area contributed by atoms with Crippen molar-refractivity contribution in [2.75, 3.05) is 13.2 Å². The Bertz CT molecular complexity index is 292. The predicted octanol–water partition coefficient (Wildman–Crippen LogP) is 2.37. The van der Waals surface area contributed by atoms with Crippen LogP contribution in [0.1, 0.15) is 0 Å². The highest BCUT2D eigenvalue weighted by molar-refractivity contribution is 9.10. The summed E-state index contributed by atoms with van der Waals surface area (Å²) in [7, 11) is 0. The average molecular weight is 247 g/mol. The van der Waals surface area contributed by atoms with E-state index in [4.69, 9.17) is 9.47 Å². The zero-order valence-corrected chi connectivity index (χ0v) is 8.38. The van der Waals surface area contributed by atoms with E-state index in [2.05, 4.69) is 15.9 Å². The fourth-order valence-electron chi connectivity index (χ4n) is 0.965. The molecule has 1 aromatic carbocycles. The molecular formula is C9H8BrFO2. The van der Waals surface area contributed by atoms with Gasteiger partial charge in [0.1, 0.15) is 24.3 Å². The molecule has 0 amide bonds. The lowest BCUT2D eigenvalue weighted by molar-refractivity contribution is 0.262. The second-order valence-corrected chi connectivity index (χ2v) is 3.79. The molecule has 1 aliphatic heterocycles. The molecule has 1 atom stereocenters. The number of benzene rings is 1. The average Bonchev–Trinajstić information content (AvgIpc) is 2.81. The summed E-state index contributed by atoms with van der Waals surface area (Å²) in [4.78, 5) is 0. The van der Waals surface area contributed by atoms with Crippen LogP contribution in [0.4, 0.5) is 4.39 Å². The quantitative estimate of drug-likeness (QED) is 0.765. The molecule has 0 spiro atoms. The molecule has 1 saturated heterocycles. The molecule has 0 unspecified atom stereocenters. The van der Waals surface area contributed by atoms with E-state index in [9.17, 15) is 4.39 Å². The maximum Gasteiger partial charge on any atom is 0.128 e. The molecule has 1 fully saturated rings. The van der Waals surface area contributed by atoms with Gasteiger partial charge in [-0.3, -0.25) is 0 Å². The molecule has 0 radical (unpaired) electrons. The monoisotopic (exact) mass is 246 g/mol. The van der Waals surface area contributed by atoms with Crippen LogP contribution in [0.5, 0.6) is 5.75 Å². The minimum Gasteiger partial charge on any atom is -0.491 e. The highest BCUT2D eigenvalue weighted by Crippen LogP contribution is 2.21. The van der Waals surface area contributed by atoms with Crippen molar-refractivity contribution in [1.82, 2.24) is 0 Å². The number of epoxide rings is 1. The molecule has 1 aliphatic rings. The SMILES string of the molecule is Fc1cc(Br)cc(OC[C@H]2CO2)c1. The molecule has 1 aromatic rings. The van der Waals surface area contributed by atoms with Crippen LogP contribution in [0.2, 0.25) is 0 Å². The minimum absolute atomic E-state index is 0.196. The molecule has 0 bridgehead atoms. The standard InChI is InChI=1S/C9H8BrFO2/c10-6-1-7(11)3-8(2-6)12-4-9-5-13-9/h1-3,9H,4-5H2/t9-/m0/s1. The summed E-state index contributed by atoms with van der Waals surface area (Å²) >= 11 is 3.18. The Balaban J connectivity index is 2.01. The van der Waals surface area contributed by atoms with Crippen molar-refractivity contribution in [1.29, 1.82) is 0 Å². The lowest BCUT2D eigenvalue weighted by Gasteiger charge is -2.04. The highest BCUT2D eigenvalue weighted by atomic mass is 79.9. The van der Waals surface area contributed by atoms with E-state index < -0.39 is 0 Å². The Morgan fingerprint density at radius 3 is 2.92 bits per heavy atom. The lowest BCUT2D eigenvalue weighted by Crippen LogP contribution is -2.04. The van der Waals surface area contributed by atoms with Crippen LogP contribution in [0.3, 0.4) is 0 Å². The lowest BCUT2D eigenvalue weighted by atomic mass is 10.3. The van der Waals surface area contributed by atoms with Gasteiger partial charge < -0.3 is 9.47 Å². The van der Waals surface area contributed by atoms with E-state index >= 15 is 0 Å². The van der Waals surface area contributed by atoms with Crippen LogP contribution >= 0.6 is 15.9 Å². The molecule has 1 heterocycles. The minimum atomic E-state index is -0.305. The summed E-state index contributed by atoms with van der Waals surface area (Å²) in [6.45, 7) is 1.24. The van der Waals surface area contributed by atoms with Gasteiger partial charge in [0.25, 0.3) is 0 Å². The maximum absolute atomic E-state index is 12.8. The van der Waals surface area contributed by atoms with E-state index in [1.54, 1.807) is 6.07 Å². The molecule has 4 heteroatoms. The van der Waals surface area contributed by atoms with E-state index in [1.807, 2.05) is 0 Å². The first kappa shape index (κ1) is 8.97. The Hall–Kier alpha value is -0.610. The normalized spacial score (nSPS) is 20.0. The van der Waals surface area contributed by atoms with Crippen LogP contribution < -0.4 is 4.74 Å². The Kier molecular flexibility index (Phi) is 2.51. The first-order valence-corrected chi connectivity index (χ1v) is 4.74. The number of halogens is 2. The van der Waals surface area contributed by atoms with Crippen molar-refractivity contribution >= 4 is 15.9 Å². The van der Waals surface area contributed by atoms with Crippen LogP contribution in [0.15, 0.2) is 22.7 Å². The summed E-state index contributed by atoms with van der Waals surface area (Å²) in [6, 6.07) is 4.47. The fourth-order valence-corrected chi connectivity index (χ4v) is 1.41. The van der Waals surface area contributed by atoms with Crippen LogP contribution in [0.25, 0.3) is 0 Å². The van der Waals surface area contributed by atoms with E-state index in [1.165, 1.54) is 12.1 Å². The van der Waals surface area contributed by atoms with Gasteiger partial charge >= 0.3 is 0 Å². The summed E-state index contributed by atoms with van der Waals surface area (Å²) in [5, 5.41) is 0. The van der Waals surface area contributed by atoms with Gasteiger partial charge in [0.2, 0.25) is 0 Å².